The summed E-state index contributed by atoms with van der Waals surface area (Å²) < 4.78 is 5.09. The number of carbonyl (C=O) groups excluding carboxylic acids is 1. The van der Waals surface area contributed by atoms with E-state index in [2.05, 4.69) is 5.32 Å². The molecule has 0 unspecified atom stereocenters. The van der Waals surface area contributed by atoms with Crippen LogP contribution in [0, 0.1) is 0 Å². The topological polar surface area (TPSA) is 78.8 Å². The molecule has 16 heavy (non-hydrogen) atoms. The van der Waals surface area contributed by atoms with Crippen molar-refractivity contribution in [1.82, 2.24) is 5.32 Å². The van der Waals surface area contributed by atoms with E-state index in [0.717, 1.165) is 0 Å². The lowest BCUT2D eigenvalue weighted by molar-refractivity contribution is -0.123. The number of benzene rings is 1. The Bertz CT molecular complexity index is 352. The maximum atomic E-state index is 11.2. The number of rotatable bonds is 5. The molecule has 0 heterocycles. The van der Waals surface area contributed by atoms with E-state index in [1.54, 1.807) is 25.1 Å². The number of phenolic OH excluding ortho intramolecular Hbond substituents is 1. The van der Waals surface area contributed by atoms with E-state index in [1.165, 1.54) is 6.07 Å². The highest BCUT2D eigenvalue weighted by Gasteiger charge is 2.06. The Morgan fingerprint density at radius 3 is 2.81 bits per heavy atom. The minimum atomic E-state index is -0.589. The van der Waals surface area contributed by atoms with Crippen molar-refractivity contribution in [2.75, 3.05) is 13.2 Å². The molecule has 1 rings (SSSR count). The molecule has 88 valence electrons. The number of hydrogen-bond acceptors (Lipinski definition) is 4. The van der Waals surface area contributed by atoms with Gasteiger partial charge in [-0.3, -0.25) is 4.79 Å². The molecule has 0 saturated carbocycles. The molecule has 0 radical (unpaired) electrons. The molecule has 1 aromatic carbocycles. The highest BCUT2D eigenvalue weighted by molar-refractivity contribution is 5.77. The molecule has 5 heteroatoms. The number of para-hydroxylation sites is 2. The van der Waals surface area contributed by atoms with Crippen LogP contribution < -0.4 is 10.1 Å². The van der Waals surface area contributed by atoms with E-state index in [0.29, 0.717) is 0 Å². The molecule has 5 nitrogen and oxygen atoms in total. The number of phenols is 1. The fourth-order valence-electron chi connectivity index (χ4n) is 1.04. The fraction of sp³-hybridized carbons (Fsp3) is 0.364. The lowest BCUT2D eigenvalue weighted by Gasteiger charge is -2.09. The van der Waals surface area contributed by atoms with E-state index in [4.69, 9.17) is 9.84 Å². The molecule has 0 spiro atoms. The molecule has 3 N–H and O–H groups in total. The number of ether oxygens (including phenoxy) is 1. The van der Waals surface area contributed by atoms with E-state index in [9.17, 15) is 9.90 Å². The summed E-state index contributed by atoms with van der Waals surface area (Å²) in [6.07, 6.45) is -0.589. The van der Waals surface area contributed by atoms with Crippen molar-refractivity contribution in [1.29, 1.82) is 0 Å². The van der Waals surface area contributed by atoms with Crippen LogP contribution in [-0.4, -0.2) is 35.4 Å². The molecule has 0 saturated heterocycles. The Morgan fingerprint density at radius 1 is 1.50 bits per heavy atom. The summed E-state index contributed by atoms with van der Waals surface area (Å²) in [6.45, 7) is 1.57. The van der Waals surface area contributed by atoms with E-state index in [1.807, 2.05) is 0 Å². The van der Waals surface area contributed by atoms with Crippen LogP contribution in [0.25, 0.3) is 0 Å². The molecule has 1 amide bonds. The molecule has 0 aliphatic carbocycles. The third kappa shape index (κ3) is 4.18. The first kappa shape index (κ1) is 12.3. The summed E-state index contributed by atoms with van der Waals surface area (Å²) in [5, 5.41) is 20.8. The normalized spacial score (nSPS) is 11.9. The average molecular weight is 225 g/mol. The smallest absolute Gasteiger partial charge is 0.258 e. The summed E-state index contributed by atoms with van der Waals surface area (Å²) in [5.41, 5.74) is 0. The third-order valence-electron chi connectivity index (χ3n) is 1.82. The van der Waals surface area contributed by atoms with Crippen molar-refractivity contribution < 1.29 is 19.7 Å². The van der Waals surface area contributed by atoms with Crippen molar-refractivity contribution in [2.24, 2.45) is 0 Å². The molecule has 1 aromatic rings. The van der Waals surface area contributed by atoms with E-state index >= 15 is 0 Å². The van der Waals surface area contributed by atoms with Crippen molar-refractivity contribution in [3.63, 3.8) is 0 Å². The van der Waals surface area contributed by atoms with E-state index in [-0.39, 0.29) is 30.6 Å². The summed E-state index contributed by atoms with van der Waals surface area (Å²) in [4.78, 5) is 11.2. The number of amides is 1. The first-order valence-electron chi connectivity index (χ1n) is 4.95. The standard InChI is InChI=1S/C11H15NO4/c1-8(13)6-12-11(15)7-16-10-5-3-2-4-9(10)14/h2-5,8,13-14H,6-7H2,1H3,(H,12,15)/t8-/m0/s1. The van der Waals surface area contributed by atoms with Gasteiger partial charge < -0.3 is 20.3 Å². The summed E-state index contributed by atoms with van der Waals surface area (Å²) >= 11 is 0. The third-order valence-corrected chi connectivity index (χ3v) is 1.82. The molecule has 0 bridgehead atoms. The maximum absolute atomic E-state index is 11.2. The molecule has 0 fully saturated rings. The monoisotopic (exact) mass is 225 g/mol. The lowest BCUT2D eigenvalue weighted by Crippen LogP contribution is -2.34. The maximum Gasteiger partial charge on any atom is 0.258 e. The second-order valence-corrected chi connectivity index (χ2v) is 3.41. The molecule has 0 aromatic heterocycles. The quantitative estimate of drug-likeness (QED) is 0.672. The first-order valence-corrected chi connectivity index (χ1v) is 4.95. The van der Waals surface area contributed by atoms with Crippen molar-refractivity contribution >= 4 is 5.91 Å². The molecule has 0 aliphatic heterocycles. The van der Waals surface area contributed by atoms with Gasteiger partial charge in [0.2, 0.25) is 0 Å². The lowest BCUT2D eigenvalue weighted by atomic mass is 10.3. The average Bonchev–Trinajstić information content (AvgIpc) is 2.25. The van der Waals surface area contributed by atoms with Gasteiger partial charge in [0.15, 0.2) is 18.1 Å². The predicted octanol–water partition coefficient (Wildman–Crippen LogP) is 0.268. The van der Waals surface area contributed by atoms with E-state index < -0.39 is 6.10 Å². The van der Waals surface area contributed by atoms with Crippen LogP contribution >= 0.6 is 0 Å². The zero-order chi connectivity index (χ0) is 12.0. The summed E-state index contributed by atoms with van der Waals surface area (Å²) in [7, 11) is 0. The van der Waals surface area contributed by atoms with Crippen LogP contribution in [0.5, 0.6) is 11.5 Å². The van der Waals surface area contributed by atoms with Crippen molar-refractivity contribution in [3.05, 3.63) is 24.3 Å². The Labute approximate surface area is 93.7 Å². The van der Waals surface area contributed by atoms with Gasteiger partial charge >= 0.3 is 0 Å². The second kappa shape index (κ2) is 5.97. The van der Waals surface area contributed by atoms with Crippen LogP contribution in [0.3, 0.4) is 0 Å². The van der Waals surface area contributed by atoms with Gasteiger partial charge in [-0.1, -0.05) is 12.1 Å². The SMILES string of the molecule is C[C@H](O)CNC(=O)COc1ccccc1O. The Balaban J connectivity index is 2.35. The summed E-state index contributed by atoms with van der Waals surface area (Å²) in [6, 6.07) is 6.40. The number of nitrogens with one attached hydrogen (secondary N) is 1. The largest absolute Gasteiger partial charge is 0.504 e. The number of hydrogen-bond donors (Lipinski definition) is 3. The molecular formula is C11H15NO4. The first-order chi connectivity index (χ1) is 7.59. The number of carbonyl (C=O) groups is 1. The zero-order valence-electron chi connectivity index (χ0n) is 9.01. The van der Waals surface area contributed by atoms with Crippen LogP contribution in [0.2, 0.25) is 0 Å². The minimum absolute atomic E-state index is 0.00849. The minimum Gasteiger partial charge on any atom is -0.504 e. The van der Waals surface area contributed by atoms with Gasteiger partial charge in [-0.2, -0.15) is 0 Å². The second-order valence-electron chi connectivity index (χ2n) is 3.41. The van der Waals surface area contributed by atoms with Gasteiger partial charge in [0.25, 0.3) is 5.91 Å². The van der Waals surface area contributed by atoms with Crippen molar-refractivity contribution in [3.8, 4) is 11.5 Å². The van der Waals surface area contributed by atoms with Crippen LogP contribution in [0.15, 0.2) is 24.3 Å². The van der Waals surface area contributed by atoms with Gasteiger partial charge in [0.1, 0.15) is 0 Å². The molecular weight excluding hydrogens is 210 g/mol. The molecule has 0 aliphatic rings. The van der Waals surface area contributed by atoms with Crippen LogP contribution in [-0.2, 0) is 4.79 Å². The van der Waals surface area contributed by atoms with Gasteiger partial charge in [0.05, 0.1) is 6.10 Å². The Hall–Kier alpha value is -1.75. The van der Waals surface area contributed by atoms with Crippen LogP contribution in [0.1, 0.15) is 6.92 Å². The highest BCUT2D eigenvalue weighted by Crippen LogP contribution is 2.23. The fourth-order valence-corrected chi connectivity index (χ4v) is 1.04. The van der Waals surface area contributed by atoms with Gasteiger partial charge in [-0.25, -0.2) is 0 Å². The predicted molar refractivity (Wildman–Crippen MR) is 58.3 cm³/mol. The molecule has 1 atom stereocenters. The van der Waals surface area contributed by atoms with Gasteiger partial charge in [-0.15, -0.1) is 0 Å². The number of aliphatic hydroxyl groups excluding tert-OH is 1. The Kier molecular flexibility index (Phi) is 4.60. The van der Waals surface area contributed by atoms with Gasteiger partial charge in [-0.05, 0) is 19.1 Å². The number of aliphatic hydroxyl groups is 1. The number of aromatic hydroxyl groups is 1. The zero-order valence-corrected chi connectivity index (χ0v) is 9.01. The van der Waals surface area contributed by atoms with Gasteiger partial charge in [0, 0.05) is 6.54 Å². The Morgan fingerprint density at radius 2 is 2.19 bits per heavy atom. The van der Waals surface area contributed by atoms with Crippen LogP contribution in [0.4, 0.5) is 0 Å². The van der Waals surface area contributed by atoms with Crippen molar-refractivity contribution in [2.45, 2.75) is 13.0 Å². The summed E-state index contributed by atoms with van der Waals surface area (Å²) in [5.74, 6) is -0.0929. The highest BCUT2D eigenvalue weighted by atomic mass is 16.5.